The molecule has 0 radical (unpaired) electrons. The van der Waals surface area contributed by atoms with Crippen molar-refractivity contribution in [3.8, 4) is 0 Å². The highest BCUT2D eigenvalue weighted by Gasteiger charge is 2.29. The van der Waals surface area contributed by atoms with Gasteiger partial charge in [0.25, 0.3) is 0 Å². The molecule has 2 N–H and O–H groups in total. The van der Waals surface area contributed by atoms with Gasteiger partial charge in [0.15, 0.2) is 0 Å². The summed E-state index contributed by atoms with van der Waals surface area (Å²) in [6.45, 7) is 6.61. The standard InChI is InChI=1S/C16H21ClN2O4/c1-16(2,3)23-15(22)19-7-6-11(9-19)18-10-4-5-13(17)12(8-10)14(20)21/h4-5,8,11,18H,6-7,9H2,1-3H3,(H,20,21). The van der Waals surface area contributed by atoms with Gasteiger partial charge in [0, 0.05) is 24.8 Å². The fourth-order valence-corrected chi connectivity index (χ4v) is 2.58. The number of carboxylic acid groups (broad SMARTS) is 1. The molecular formula is C16H21ClN2O4. The van der Waals surface area contributed by atoms with E-state index in [9.17, 15) is 9.59 Å². The predicted molar refractivity (Wildman–Crippen MR) is 88.2 cm³/mol. The van der Waals surface area contributed by atoms with Crippen molar-refractivity contribution in [3.63, 3.8) is 0 Å². The summed E-state index contributed by atoms with van der Waals surface area (Å²) >= 11 is 5.86. The fourth-order valence-electron chi connectivity index (χ4n) is 2.39. The lowest BCUT2D eigenvalue weighted by Crippen LogP contribution is -2.36. The summed E-state index contributed by atoms with van der Waals surface area (Å²) in [4.78, 5) is 24.8. The van der Waals surface area contributed by atoms with Crippen LogP contribution in [0.15, 0.2) is 18.2 Å². The molecule has 23 heavy (non-hydrogen) atoms. The number of carbonyl (C=O) groups is 2. The Labute approximate surface area is 140 Å². The highest BCUT2D eigenvalue weighted by atomic mass is 35.5. The monoisotopic (exact) mass is 340 g/mol. The number of hydrogen-bond donors (Lipinski definition) is 2. The van der Waals surface area contributed by atoms with E-state index in [0.29, 0.717) is 18.8 Å². The normalized spacial score (nSPS) is 17.9. The van der Waals surface area contributed by atoms with E-state index in [4.69, 9.17) is 21.4 Å². The number of carbonyl (C=O) groups excluding carboxylic acids is 1. The lowest BCUT2D eigenvalue weighted by molar-refractivity contribution is 0.0293. The first-order chi connectivity index (χ1) is 10.7. The lowest BCUT2D eigenvalue weighted by Gasteiger charge is -2.24. The zero-order valence-electron chi connectivity index (χ0n) is 13.4. The fraction of sp³-hybridized carbons (Fsp3) is 0.500. The molecular weight excluding hydrogens is 320 g/mol. The summed E-state index contributed by atoms with van der Waals surface area (Å²) in [5.41, 5.74) is 0.205. The number of anilines is 1. The Morgan fingerprint density at radius 1 is 1.39 bits per heavy atom. The summed E-state index contributed by atoms with van der Waals surface area (Å²) in [7, 11) is 0. The Kier molecular flexibility index (Phi) is 5.04. The molecule has 126 valence electrons. The van der Waals surface area contributed by atoms with Crippen molar-refractivity contribution in [3.05, 3.63) is 28.8 Å². The van der Waals surface area contributed by atoms with E-state index in [1.807, 2.05) is 20.8 Å². The summed E-state index contributed by atoms with van der Waals surface area (Å²) in [6, 6.07) is 4.82. The zero-order chi connectivity index (χ0) is 17.2. The van der Waals surface area contributed by atoms with Crippen LogP contribution in [0.3, 0.4) is 0 Å². The third-order valence-electron chi connectivity index (χ3n) is 3.41. The highest BCUT2D eigenvalue weighted by Crippen LogP contribution is 2.23. The minimum atomic E-state index is -1.07. The summed E-state index contributed by atoms with van der Waals surface area (Å²) < 4.78 is 5.35. The van der Waals surface area contributed by atoms with Crippen LogP contribution < -0.4 is 5.32 Å². The van der Waals surface area contributed by atoms with E-state index in [2.05, 4.69) is 5.32 Å². The van der Waals surface area contributed by atoms with Crippen LogP contribution >= 0.6 is 11.6 Å². The number of ether oxygens (including phenoxy) is 1. The van der Waals surface area contributed by atoms with Crippen LogP contribution in [0.25, 0.3) is 0 Å². The molecule has 0 aliphatic carbocycles. The number of carboxylic acids is 1. The second-order valence-electron chi connectivity index (χ2n) is 6.56. The van der Waals surface area contributed by atoms with Crippen LogP contribution in [0.5, 0.6) is 0 Å². The van der Waals surface area contributed by atoms with Gasteiger partial charge < -0.3 is 20.1 Å². The molecule has 1 aliphatic heterocycles. The van der Waals surface area contributed by atoms with Gasteiger partial charge in [-0.1, -0.05) is 11.6 Å². The van der Waals surface area contributed by atoms with Gasteiger partial charge in [-0.2, -0.15) is 0 Å². The molecule has 0 saturated carbocycles. The average Bonchev–Trinajstić information content (AvgIpc) is 2.87. The van der Waals surface area contributed by atoms with E-state index in [-0.39, 0.29) is 22.7 Å². The molecule has 0 spiro atoms. The second kappa shape index (κ2) is 6.66. The third-order valence-corrected chi connectivity index (χ3v) is 3.74. The smallest absolute Gasteiger partial charge is 0.410 e. The van der Waals surface area contributed by atoms with E-state index in [0.717, 1.165) is 6.42 Å². The molecule has 6 nitrogen and oxygen atoms in total. The Morgan fingerprint density at radius 2 is 2.09 bits per heavy atom. The van der Waals surface area contributed by atoms with Crippen LogP contribution in [0, 0.1) is 0 Å². The first-order valence-electron chi connectivity index (χ1n) is 7.43. The number of amides is 1. The quantitative estimate of drug-likeness (QED) is 0.881. The average molecular weight is 341 g/mol. The number of benzene rings is 1. The maximum atomic E-state index is 12.0. The van der Waals surface area contributed by atoms with E-state index < -0.39 is 11.6 Å². The summed E-state index contributed by atoms with van der Waals surface area (Å²) in [5, 5.41) is 12.5. The van der Waals surface area contributed by atoms with E-state index in [1.54, 1.807) is 17.0 Å². The topological polar surface area (TPSA) is 78.9 Å². The van der Waals surface area contributed by atoms with Crippen molar-refractivity contribution in [2.24, 2.45) is 0 Å². The lowest BCUT2D eigenvalue weighted by atomic mass is 10.1. The maximum absolute atomic E-state index is 12.0. The van der Waals surface area contributed by atoms with Gasteiger partial charge in [-0.15, -0.1) is 0 Å². The predicted octanol–water partition coefficient (Wildman–Crippen LogP) is 3.46. The zero-order valence-corrected chi connectivity index (χ0v) is 14.2. The molecule has 1 unspecified atom stereocenters. The largest absolute Gasteiger partial charge is 0.478 e. The van der Waals surface area contributed by atoms with Crippen LogP contribution in [-0.2, 0) is 4.74 Å². The van der Waals surface area contributed by atoms with E-state index >= 15 is 0 Å². The SMILES string of the molecule is CC(C)(C)OC(=O)N1CCC(Nc2ccc(Cl)c(C(=O)O)c2)C1. The van der Waals surface area contributed by atoms with Crippen molar-refractivity contribution in [2.45, 2.75) is 38.8 Å². The molecule has 2 rings (SSSR count). The van der Waals surface area contributed by atoms with Gasteiger partial charge in [-0.05, 0) is 45.4 Å². The molecule has 0 aromatic heterocycles. The van der Waals surface area contributed by atoms with Gasteiger partial charge in [0.05, 0.1) is 10.6 Å². The van der Waals surface area contributed by atoms with Crippen molar-refractivity contribution in [2.75, 3.05) is 18.4 Å². The van der Waals surface area contributed by atoms with Crippen LogP contribution in [0.1, 0.15) is 37.6 Å². The number of hydrogen-bond acceptors (Lipinski definition) is 4. The second-order valence-corrected chi connectivity index (χ2v) is 6.96. The first-order valence-corrected chi connectivity index (χ1v) is 7.81. The molecule has 1 amide bonds. The number of likely N-dealkylation sites (tertiary alicyclic amines) is 1. The number of halogens is 1. The minimum Gasteiger partial charge on any atom is -0.478 e. The molecule has 1 heterocycles. The Balaban J connectivity index is 1.97. The van der Waals surface area contributed by atoms with Gasteiger partial charge >= 0.3 is 12.1 Å². The summed E-state index contributed by atoms with van der Waals surface area (Å²) in [5.74, 6) is -1.07. The maximum Gasteiger partial charge on any atom is 0.410 e. The first kappa shape index (κ1) is 17.4. The minimum absolute atomic E-state index is 0.0466. The van der Waals surface area contributed by atoms with Gasteiger partial charge in [0.1, 0.15) is 5.60 Å². The van der Waals surface area contributed by atoms with Gasteiger partial charge in [0.2, 0.25) is 0 Å². The summed E-state index contributed by atoms with van der Waals surface area (Å²) in [6.07, 6.45) is 0.439. The highest BCUT2D eigenvalue weighted by molar-refractivity contribution is 6.33. The van der Waals surface area contributed by atoms with Crippen molar-refractivity contribution in [1.82, 2.24) is 4.90 Å². The Hall–Kier alpha value is -1.95. The van der Waals surface area contributed by atoms with Crippen LogP contribution in [0.2, 0.25) is 5.02 Å². The number of nitrogens with zero attached hydrogens (tertiary/aromatic N) is 1. The molecule has 1 aromatic carbocycles. The molecule has 1 aliphatic rings. The number of rotatable bonds is 3. The molecule has 1 aromatic rings. The third kappa shape index (κ3) is 4.76. The number of nitrogens with one attached hydrogen (secondary N) is 1. The molecule has 0 bridgehead atoms. The van der Waals surface area contributed by atoms with Crippen LogP contribution in [0.4, 0.5) is 10.5 Å². The van der Waals surface area contributed by atoms with Gasteiger partial charge in [-0.3, -0.25) is 0 Å². The van der Waals surface area contributed by atoms with Gasteiger partial charge in [-0.25, -0.2) is 9.59 Å². The Morgan fingerprint density at radius 3 is 2.70 bits per heavy atom. The molecule has 1 fully saturated rings. The van der Waals surface area contributed by atoms with Crippen LogP contribution in [-0.4, -0.2) is 46.8 Å². The van der Waals surface area contributed by atoms with Crippen molar-refractivity contribution < 1.29 is 19.4 Å². The molecule has 1 saturated heterocycles. The van der Waals surface area contributed by atoms with Crippen molar-refractivity contribution in [1.29, 1.82) is 0 Å². The van der Waals surface area contributed by atoms with Crippen molar-refractivity contribution >= 4 is 29.4 Å². The molecule has 1 atom stereocenters. The van der Waals surface area contributed by atoms with E-state index in [1.165, 1.54) is 6.07 Å². The Bertz CT molecular complexity index is 613. The molecule has 7 heteroatoms. The number of aromatic carboxylic acids is 1.